The van der Waals surface area contributed by atoms with Crippen molar-refractivity contribution >= 4 is 34.1 Å². The summed E-state index contributed by atoms with van der Waals surface area (Å²) in [6, 6.07) is 22.6. The average Bonchev–Trinajstić information content (AvgIpc) is 3.24. The van der Waals surface area contributed by atoms with E-state index in [-0.39, 0.29) is 5.91 Å². The van der Waals surface area contributed by atoms with E-state index < -0.39 is 5.60 Å². The third-order valence-corrected chi connectivity index (χ3v) is 5.59. The fourth-order valence-corrected chi connectivity index (χ4v) is 4.18. The first-order valence-electron chi connectivity index (χ1n) is 9.04. The van der Waals surface area contributed by atoms with Crippen molar-refractivity contribution in [2.75, 3.05) is 4.90 Å². The first kappa shape index (κ1) is 17.0. The number of halogens is 1. The Morgan fingerprint density at radius 1 is 0.964 bits per heavy atom. The number of amides is 1. The van der Waals surface area contributed by atoms with Crippen molar-refractivity contribution in [2.45, 2.75) is 12.1 Å². The van der Waals surface area contributed by atoms with Gasteiger partial charge in [-0.1, -0.05) is 60.1 Å². The van der Waals surface area contributed by atoms with E-state index in [1.54, 1.807) is 29.3 Å². The molecular formula is C23H17ClN2O2. The van der Waals surface area contributed by atoms with Crippen molar-refractivity contribution in [1.29, 1.82) is 0 Å². The average molecular weight is 389 g/mol. The van der Waals surface area contributed by atoms with Gasteiger partial charge in [-0.3, -0.25) is 4.79 Å². The summed E-state index contributed by atoms with van der Waals surface area (Å²) in [6.07, 6.45) is 1.71. The van der Waals surface area contributed by atoms with Crippen LogP contribution in [-0.4, -0.2) is 16.0 Å². The van der Waals surface area contributed by atoms with Crippen LogP contribution in [0.2, 0.25) is 5.02 Å². The molecule has 28 heavy (non-hydrogen) atoms. The molecule has 0 spiro atoms. The molecule has 1 atom stereocenters. The van der Waals surface area contributed by atoms with Crippen LogP contribution in [0.25, 0.3) is 10.9 Å². The summed E-state index contributed by atoms with van der Waals surface area (Å²) in [5.41, 5.74) is 1.77. The molecule has 0 bridgehead atoms. The summed E-state index contributed by atoms with van der Waals surface area (Å²) in [5.74, 6) is -0.377. The van der Waals surface area contributed by atoms with Crippen molar-refractivity contribution in [3.8, 4) is 0 Å². The molecule has 5 rings (SSSR count). The molecule has 0 radical (unpaired) electrons. The standard InChI is InChI=1S/C23H17ClN2O2/c24-16-10-11-21-18(12-16)23(28,19-13-25-20-9-5-4-8-17(19)20)22(27)26(21)14-15-6-2-1-3-7-15/h1-13,25,28H,14H2/t23-/m1/s1. The summed E-state index contributed by atoms with van der Waals surface area (Å²) in [5, 5.41) is 13.1. The third-order valence-electron chi connectivity index (χ3n) is 5.36. The van der Waals surface area contributed by atoms with Gasteiger partial charge in [-0.2, -0.15) is 0 Å². The van der Waals surface area contributed by atoms with Crippen LogP contribution in [0.1, 0.15) is 16.7 Å². The molecule has 1 aliphatic heterocycles. The van der Waals surface area contributed by atoms with Crippen molar-refractivity contribution in [3.63, 3.8) is 0 Å². The van der Waals surface area contributed by atoms with E-state index in [1.165, 1.54) is 0 Å². The number of hydrogen-bond donors (Lipinski definition) is 2. The number of para-hydroxylation sites is 1. The SMILES string of the molecule is O=C1N(Cc2ccccc2)c2ccc(Cl)cc2[C@@]1(O)c1c[nH]c2ccccc12. The van der Waals surface area contributed by atoms with Crippen molar-refractivity contribution in [3.05, 3.63) is 101 Å². The molecule has 4 aromatic rings. The summed E-state index contributed by atoms with van der Waals surface area (Å²) in [6.45, 7) is 0.374. The van der Waals surface area contributed by atoms with Gasteiger partial charge in [0.25, 0.3) is 5.91 Å². The third kappa shape index (κ3) is 2.39. The van der Waals surface area contributed by atoms with E-state index in [0.717, 1.165) is 16.5 Å². The minimum absolute atomic E-state index is 0.374. The number of carbonyl (C=O) groups is 1. The predicted octanol–water partition coefficient (Wildman–Crippen LogP) is 4.60. The van der Waals surface area contributed by atoms with E-state index in [4.69, 9.17) is 11.6 Å². The highest BCUT2D eigenvalue weighted by Gasteiger charge is 2.52. The number of hydrogen-bond acceptors (Lipinski definition) is 2. The molecule has 3 aromatic carbocycles. The smallest absolute Gasteiger partial charge is 0.268 e. The monoisotopic (exact) mass is 388 g/mol. The lowest BCUT2D eigenvalue weighted by Gasteiger charge is -2.23. The van der Waals surface area contributed by atoms with E-state index >= 15 is 0 Å². The normalized spacial score (nSPS) is 18.6. The van der Waals surface area contributed by atoms with Gasteiger partial charge in [0.2, 0.25) is 0 Å². The van der Waals surface area contributed by atoms with Crippen LogP contribution in [0, 0.1) is 0 Å². The number of nitrogens with one attached hydrogen (secondary N) is 1. The number of carbonyl (C=O) groups excluding carboxylic acids is 1. The number of H-pyrrole nitrogens is 1. The molecule has 1 amide bonds. The second kappa shape index (κ2) is 6.23. The van der Waals surface area contributed by atoms with Crippen LogP contribution in [0.5, 0.6) is 0 Å². The summed E-state index contributed by atoms with van der Waals surface area (Å²) >= 11 is 6.24. The highest BCUT2D eigenvalue weighted by molar-refractivity contribution is 6.31. The molecule has 0 unspecified atom stereocenters. The largest absolute Gasteiger partial charge is 0.372 e. The summed E-state index contributed by atoms with van der Waals surface area (Å²) < 4.78 is 0. The van der Waals surface area contributed by atoms with E-state index in [2.05, 4.69) is 4.98 Å². The Bertz CT molecular complexity index is 1200. The zero-order valence-corrected chi connectivity index (χ0v) is 15.6. The fourth-order valence-electron chi connectivity index (χ4n) is 4.01. The summed E-state index contributed by atoms with van der Waals surface area (Å²) in [7, 11) is 0. The van der Waals surface area contributed by atoms with Gasteiger partial charge in [0, 0.05) is 33.2 Å². The Hall–Kier alpha value is -3.08. The molecule has 2 heterocycles. The van der Waals surface area contributed by atoms with Crippen LogP contribution in [0.3, 0.4) is 0 Å². The zero-order chi connectivity index (χ0) is 19.3. The van der Waals surface area contributed by atoms with Crippen LogP contribution >= 0.6 is 11.6 Å². The number of aromatic nitrogens is 1. The molecule has 0 fully saturated rings. The van der Waals surface area contributed by atoms with Crippen LogP contribution < -0.4 is 4.90 Å². The van der Waals surface area contributed by atoms with Gasteiger partial charge >= 0.3 is 0 Å². The first-order valence-corrected chi connectivity index (χ1v) is 9.42. The minimum atomic E-state index is -1.80. The van der Waals surface area contributed by atoms with Crippen molar-refractivity contribution < 1.29 is 9.90 Å². The Labute approximate surface area is 167 Å². The molecule has 0 saturated carbocycles. The lowest BCUT2D eigenvalue weighted by molar-refractivity contribution is -0.132. The molecule has 4 nitrogen and oxygen atoms in total. The molecule has 1 aliphatic rings. The van der Waals surface area contributed by atoms with Gasteiger partial charge in [0.05, 0.1) is 12.2 Å². The highest BCUT2D eigenvalue weighted by Crippen LogP contribution is 2.47. The molecule has 138 valence electrons. The van der Waals surface area contributed by atoms with Gasteiger partial charge in [-0.15, -0.1) is 0 Å². The number of aliphatic hydroxyl groups is 1. The highest BCUT2D eigenvalue weighted by atomic mass is 35.5. The van der Waals surface area contributed by atoms with Gasteiger partial charge in [-0.05, 0) is 29.8 Å². The summed E-state index contributed by atoms with van der Waals surface area (Å²) in [4.78, 5) is 18.3. The predicted molar refractivity (Wildman–Crippen MR) is 110 cm³/mol. The van der Waals surface area contributed by atoms with E-state index in [0.29, 0.717) is 28.4 Å². The molecule has 5 heteroatoms. The zero-order valence-electron chi connectivity index (χ0n) is 14.9. The maximum atomic E-state index is 13.6. The lowest BCUT2D eigenvalue weighted by Crippen LogP contribution is -2.40. The topological polar surface area (TPSA) is 56.3 Å². The number of rotatable bonds is 3. The number of benzene rings is 3. The molecule has 0 saturated heterocycles. The molecular weight excluding hydrogens is 372 g/mol. The Balaban J connectivity index is 1.71. The van der Waals surface area contributed by atoms with Crippen LogP contribution in [0.4, 0.5) is 5.69 Å². The molecule has 2 N–H and O–H groups in total. The quantitative estimate of drug-likeness (QED) is 0.538. The van der Waals surface area contributed by atoms with Crippen LogP contribution in [-0.2, 0) is 16.9 Å². The molecule has 1 aromatic heterocycles. The first-order chi connectivity index (χ1) is 13.6. The van der Waals surface area contributed by atoms with Crippen molar-refractivity contribution in [1.82, 2.24) is 4.98 Å². The Kier molecular flexibility index (Phi) is 3.79. The maximum absolute atomic E-state index is 13.6. The second-order valence-corrected chi connectivity index (χ2v) is 7.43. The van der Waals surface area contributed by atoms with E-state index in [9.17, 15) is 9.90 Å². The number of anilines is 1. The number of fused-ring (bicyclic) bond motifs is 2. The Morgan fingerprint density at radius 2 is 1.71 bits per heavy atom. The maximum Gasteiger partial charge on any atom is 0.268 e. The number of aromatic amines is 1. The van der Waals surface area contributed by atoms with Crippen molar-refractivity contribution in [2.24, 2.45) is 0 Å². The fraction of sp³-hybridized carbons (Fsp3) is 0.0870. The number of nitrogens with zero attached hydrogens (tertiary/aromatic N) is 1. The molecule has 0 aliphatic carbocycles. The lowest BCUT2D eigenvalue weighted by atomic mass is 9.87. The Morgan fingerprint density at radius 3 is 2.54 bits per heavy atom. The minimum Gasteiger partial charge on any atom is -0.372 e. The van der Waals surface area contributed by atoms with Gasteiger partial charge in [-0.25, -0.2) is 0 Å². The second-order valence-electron chi connectivity index (χ2n) is 7.00. The van der Waals surface area contributed by atoms with Gasteiger partial charge in [0.1, 0.15) is 0 Å². The van der Waals surface area contributed by atoms with Gasteiger partial charge in [0.15, 0.2) is 5.60 Å². The van der Waals surface area contributed by atoms with Gasteiger partial charge < -0.3 is 15.0 Å². The van der Waals surface area contributed by atoms with Crippen LogP contribution in [0.15, 0.2) is 79.0 Å². The van der Waals surface area contributed by atoms with E-state index in [1.807, 2.05) is 54.6 Å².